The summed E-state index contributed by atoms with van der Waals surface area (Å²) in [6.07, 6.45) is 2.38. The Bertz CT molecular complexity index is 251. The van der Waals surface area contributed by atoms with Gasteiger partial charge in [-0.3, -0.25) is 4.98 Å². The van der Waals surface area contributed by atoms with Crippen LogP contribution < -0.4 is 0 Å². The van der Waals surface area contributed by atoms with Gasteiger partial charge >= 0.3 is 0 Å². The van der Waals surface area contributed by atoms with Gasteiger partial charge in [0.15, 0.2) is 0 Å². The molecule has 0 aromatic carbocycles. The van der Waals surface area contributed by atoms with Crippen LogP contribution in [0.5, 0.6) is 0 Å². The minimum atomic E-state index is -0.469. The number of hydrogen-bond acceptors (Lipinski definition) is 1. The van der Waals surface area contributed by atoms with Gasteiger partial charge in [-0.1, -0.05) is 0 Å². The molecule has 0 saturated carbocycles. The van der Waals surface area contributed by atoms with Gasteiger partial charge in [-0.05, 0) is 6.07 Å². The number of aromatic nitrogens is 1. The normalized spacial score (nSPS) is 8.44. The standard InChI is InChI=1S/C6H3FN2/c1-8-6-2-5(7)3-9-4-6/h2-4H. The van der Waals surface area contributed by atoms with Crippen molar-refractivity contribution in [1.29, 1.82) is 0 Å². The number of halogens is 1. The van der Waals surface area contributed by atoms with Gasteiger partial charge in [0.1, 0.15) is 5.82 Å². The molecule has 0 amide bonds. The summed E-state index contributed by atoms with van der Waals surface area (Å²) in [6, 6.07) is 1.14. The monoisotopic (exact) mass is 122 g/mol. The molecule has 0 saturated heterocycles. The molecule has 0 N–H and O–H groups in total. The Morgan fingerprint density at radius 1 is 1.56 bits per heavy atom. The molecule has 0 aliphatic carbocycles. The van der Waals surface area contributed by atoms with E-state index in [2.05, 4.69) is 9.83 Å². The molecule has 2 nitrogen and oxygen atoms in total. The van der Waals surface area contributed by atoms with E-state index in [1.807, 2.05) is 0 Å². The molecule has 44 valence electrons. The topological polar surface area (TPSA) is 17.2 Å². The fraction of sp³-hybridized carbons (Fsp3) is 0. The Hall–Kier alpha value is -1.43. The Labute approximate surface area is 51.8 Å². The molecule has 3 heteroatoms. The van der Waals surface area contributed by atoms with Crippen molar-refractivity contribution >= 4 is 5.69 Å². The lowest BCUT2D eigenvalue weighted by Crippen LogP contribution is -1.73. The van der Waals surface area contributed by atoms with E-state index in [1.165, 1.54) is 6.20 Å². The largest absolute Gasteiger partial charge is 0.273 e. The molecular weight excluding hydrogens is 119 g/mol. The van der Waals surface area contributed by atoms with E-state index < -0.39 is 5.82 Å². The van der Waals surface area contributed by atoms with Crippen LogP contribution in [0, 0.1) is 12.4 Å². The predicted octanol–water partition coefficient (Wildman–Crippen LogP) is 1.77. The van der Waals surface area contributed by atoms with Gasteiger partial charge in [0.25, 0.3) is 0 Å². The van der Waals surface area contributed by atoms with Crippen molar-refractivity contribution in [3.8, 4) is 0 Å². The summed E-state index contributed by atoms with van der Waals surface area (Å²) in [5, 5.41) is 0. The molecule has 1 aromatic heterocycles. The van der Waals surface area contributed by atoms with Gasteiger partial charge in [-0.15, -0.1) is 0 Å². The number of nitrogens with zero attached hydrogens (tertiary/aromatic N) is 2. The highest BCUT2D eigenvalue weighted by Crippen LogP contribution is 2.09. The van der Waals surface area contributed by atoms with Crippen molar-refractivity contribution in [2.45, 2.75) is 0 Å². The summed E-state index contributed by atoms with van der Waals surface area (Å²) in [7, 11) is 0. The van der Waals surface area contributed by atoms with Crippen LogP contribution in [-0.4, -0.2) is 4.98 Å². The Morgan fingerprint density at radius 3 is 2.78 bits per heavy atom. The fourth-order valence-electron chi connectivity index (χ4n) is 0.462. The van der Waals surface area contributed by atoms with E-state index in [0.29, 0.717) is 0 Å². The first-order valence-electron chi connectivity index (χ1n) is 2.31. The van der Waals surface area contributed by atoms with E-state index in [-0.39, 0.29) is 5.69 Å². The molecule has 9 heavy (non-hydrogen) atoms. The smallest absolute Gasteiger partial charge is 0.207 e. The van der Waals surface area contributed by atoms with Crippen LogP contribution in [-0.2, 0) is 0 Å². The number of rotatable bonds is 0. The van der Waals surface area contributed by atoms with E-state index in [1.54, 1.807) is 0 Å². The second-order valence-corrected chi connectivity index (χ2v) is 1.47. The predicted molar refractivity (Wildman–Crippen MR) is 30.5 cm³/mol. The maximum absolute atomic E-state index is 12.1. The maximum atomic E-state index is 12.1. The van der Waals surface area contributed by atoms with Gasteiger partial charge in [0, 0.05) is 6.20 Å². The van der Waals surface area contributed by atoms with Crippen molar-refractivity contribution in [3.63, 3.8) is 0 Å². The molecule has 0 bridgehead atoms. The summed E-state index contributed by atoms with van der Waals surface area (Å²) in [5.41, 5.74) is 0.231. The average Bonchev–Trinajstić information content (AvgIpc) is 1.88. The minimum Gasteiger partial charge on any atom is -0.273 e. The zero-order valence-corrected chi connectivity index (χ0v) is 4.50. The van der Waals surface area contributed by atoms with Gasteiger partial charge in [0.05, 0.1) is 12.8 Å². The number of pyridine rings is 1. The first kappa shape index (κ1) is 5.70. The van der Waals surface area contributed by atoms with Crippen LogP contribution in [0.2, 0.25) is 0 Å². The van der Waals surface area contributed by atoms with Crippen LogP contribution in [0.1, 0.15) is 0 Å². The second-order valence-electron chi connectivity index (χ2n) is 1.47. The molecule has 0 spiro atoms. The third-order valence-corrected chi connectivity index (χ3v) is 0.820. The fourth-order valence-corrected chi connectivity index (χ4v) is 0.462. The van der Waals surface area contributed by atoms with E-state index in [4.69, 9.17) is 6.57 Å². The third-order valence-electron chi connectivity index (χ3n) is 0.820. The second kappa shape index (κ2) is 2.23. The lowest BCUT2D eigenvalue weighted by molar-refractivity contribution is 0.622. The van der Waals surface area contributed by atoms with Crippen LogP contribution in [0.15, 0.2) is 18.5 Å². The van der Waals surface area contributed by atoms with Crippen LogP contribution in [0.25, 0.3) is 4.85 Å². The molecule has 0 aliphatic heterocycles. The lowest BCUT2D eigenvalue weighted by Gasteiger charge is -1.85. The Morgan fingerprint density at radius 2 is 2.33 bits per heavy atom. The third kappa shape index (κ3) is 1.23. The zero-order valence-electron chi connectivity index (χ0n) is 4.50. The van der Waals surface area contributed by atoms with Gasteiger partial charge in [-0.2, -0.15) is 0 Å². The van der Waals surface area contributed by atoms with Crippen molar-refractivity contribution in [2.24, 2.45) is 0 Å². The average molecular weight is 122 g/mol. The molecule has 0 atom stereocenters. The first-order valence-corrected chi connectivity index (χ1v) is 2.31. The Balaban J connectivity index is 3.12. The van der Waals surface area contributed by atoms with E-state index in [0.717, 1.165) is 12.3 Å². The zero-order chi connectivity index (χ0) is 6.69. The highest BCUT2D eigenvalue weighted by Gasteiger charge is 1.90. The SMILES string of the molecule is [C-]#[N+]c1cncc(F)c1. The van der Waals surface area contributed by atoms with Crippen molar-refractivity contribution in [1.82, 2.24) is 4.98 Å². The Kier molecular flexibility index (Phi) is 1.41. The first-order chi connectivity index (χ1) is 4.33. The van der Waals surface area contributed by atoms with Crippen LogP contribution in [0.3, 0.4) is 0 Å². The maximum Gasteiger partial charge on any atom is 0.207 e. The van der Waals surface area contributed by atoms with Gasteiger partial charge in [-0.25, -0.2) is 9.24 Å². The van der Waals surface area contributed by atoms with Crippen molar-refractivity contribution in [3.05, 3.63) is 35.7 Å². The van der Waals surface area contributed by atoms with Crippen molar-refractivity contribution in [2.75, 3.05) is 0 Å². The highest BCUT2D eigenvalue weighted by atomic mass is 19.1. The molecular formula is C6H3FN2. The van der Waals surface area contributed by atoms with Gasteiger partial charge in [0.2, 0.25) is 5.69 Å². The molecule has 0 fully saturated rings. The summed E-state index contributed by atoms with van der Waals surface area (Å²) in [5.74, 6) is -0.469. The van der Waals surface area contributed by atoms with Crippen LogP contribution >= 0.6 is 0 Å². The molecule has 0 aliphatic rings. The van der Waals surface area contributed by atoms with Crippen LogP contribution in [0.4, 0.5) is 10.1 Å². The summed E-state index contributed by atoms with van der Waals surface area (Å²) in [4.78, 5) is 6.45. The van der Waals surface area contributed by atoms with Crippen molar-refractivity contribution < 1.29 is 4.39 Å². The van der Waals surface area contributed by atoms with Gasteiger partial charge < -0.3 is 0 Å². The highest BCUT2D eigenvalue weighted by molar-refractivity contribution is 5.40. The van der Waals surface area contributed by atoms with E-state index in [9.17, 15) is 4.39 Å². The van der Waals surface area contributed by atoms with E-state index >= 15 is 0 Å². The summed E-state index contributed by atoms with van der Waals surface area (Å²) < 4.78 is 12.1. The molecule has 0 radical (unpaired) electrons. The molecule has 1 aromatic rings. The quantitative estimate of drug-likeness (QED) is 0.479. The molecule has 0 unspecified atom stereocenters. The summed E-state index contributed by atoms with van der Waals surface area (Å²) >= 11 is 0. The number of hydrogen-bond donors (Lipinski definition) is 0. The molecule has 1 rings (SSSR count). The minimum absolute atomic E-state index is 0.231. The summed E-state index contributed by atoms with van der Waals surface area (Å²) in [6.45, 7) is 6.46. The lowest BCUT2D eigenvalue weighted by atomic mass is 10.4. The molecule has 1 heterocycles.